The second-order valence-corrected chi connectivity index (χ2v) is 13.9. The zero-order valence-corrected chi connectivity index (χ0v) is 27.6. The molecule has 10 nitrogen and oxygen atoms in total. The molecule has 2 bridgehead atoms. The predicted octanol–water partition coefficient (Wildman–Crippen LogP) is 5.12. The molecule has 2 aromatic heterocycles. The van der Waals surface area contributed by atoms with E-state index in [9.17, 15) is 9.50 Å². The van der Waals surface area contributed by atoms with E-state index >= 15 is 8.78 Å². The number of rotatable bonds is 9. The number of alkyl halides is 1. The number of hydrogen-bond donors (Lipinski definition) is 2. The fourth-order valence-corrected chi connectivity index (χ4v) is 8.66. The third-order valence-corrected chi connectivity index (χ3v) is 10.7. The number of benzene rings is 2. The molecule has 0 radical (unpaired) electrons. The number of hydrogen-bond acceptors (Lipinski definition) is 10. The highest BCUT2D eigenvalue weighted by molar-refractivity contribution is 6.04. The summed E-state index contributed by atoms with van der Waals surface area (Å²) in [4.78, 5) is 18.1. The molecule has 4 saturated heterocycles. The molecule has 2 N–H and O–H groups in total. The second-order valence-electron chi connectivity index (χ2n) is 13.9. The summed E-state index contributed by atoms with van der Waals surface area (Å²) in [6, 6.07) is 5.06. The number of phenols is 1. The molecule has 0 amide bonds. The van der Waals surface area contributed by atoms with Gasteiger partial charge in [0.05, 0.1) is 34.0 Å². The minimum absolute atomic E-state index is 0.0223. The maximum absolute atomic E-state index is 17.3. The lowest BCUT2D eigenvalue weighted by Crippen LogP contribution is -2.61. The summed E-state index contributed by atoms with van der Waals surface area (Å²) in [5, 5.41) is 14.9. The fourth-order valence-electron chi connectivity index (χ4n) is 8.66. The normalized spacial score (nSPS) is 27.3. The number of halogens is 3. The number of nitrogens with one attached hydrogen (secondary N) is 1. The number of aromatic hydroxyl groups is 1. The highest BCUT2D eigenvalue weighted by Crippen LogP contribution is 2.44. The number of ether oxygens (including phenoxy) is 3. The lowest BCUT2D eigenvalue weighted by molar-refractivity contribution is 0.107. The van der Waals surface area contributed by atoms with E-state index in [0.717, 1.165) is 25.8 Å². The summed E-state index contributed by atoms with van der Waals surface area (Å²) in [6.07, 6.45) is 8.04. The van der Waals surface area contributed by atoms with Gasteiger partial charge in [0.25, 0.3) is 0 Å². The van der Waals surface area contributed by atoms with Crippen LogP contribution in [-0.4, -0.2) is 101 Å². The Labute approximate surface area is 292 Å². The van der Waals surface area contributed by atoms with Gasteiger partial charge in [-0.3, -0.25) is 4.90 Å². The van der Waals surface area contributed by atoms with E-state index in [-0.39, 0.29) is 89.0 Å². The van der Waals surface area contributed by atoms with Crippen molar-refractivity contribution in [2.75, 3.05) is 57.9 Å². The van der Waals surface area contributed by atoms with Crippen LogP contribution in [0.4, 0.5) is 19.0 Å². The Morgan fingerprint density at radius 2 is 2.02 bits per heavy atom. The standard InChI is InChI=1S/C37H39F3N6O4/c1-4-25-27(39)8-7-21-13-24(47)14-26(28(21)25)31-30(40)32-29(34(41-31)49-5-2)33(45-17-23-9-11-36(18-45,44-23)19-48-3)43-35(42-32)50-20-37-10-6-12-46(37)16-22(38)15-37/h1,7-8,13-14,22-23,44,47H,5-6,9-12,15-20H2,2-3H3/t22-,23-,36+,37+/m1/s1/i3D3. The summed E-state index contributed by atoms with van der Waals surface area (Å²) in [5.74, 6) is 0.743. The van der Waals surface area contributed by atoms with Crippen LogP contribution in [0.25, 0.3) is 32.9 Å². The summed E-state index contributed by atoms with van der Waals surface area (Å²) >= 11 is 0. The number of anilines is 1. The molecule has 262 valence electrons. The molecule has 4 aliphatic heterocycles. The zero-order chi connectivity index (χ0) is 37.3. The number of fused-ring (bicyclic) bond motifs is 5. The molecule has 0 saturated carbocycles. The summed E-state index contributed by atoms with van der Waals surface area (Å²) in [7, 11) is -2.60. The van der Waals surface area contributed by atoms with Crippen molar-refractivity contribution in [2.45, 2.75) is 62.3 Å². The number of piperazine rings is 1. The van der Waals surface area contributed by atoms with E-state index in [1.54, 1.807) is 6.92 Å². The number of nitrogens with zero attached hydrogens (tertiary/aromatic N) is 5. The van der Waals surface area contributed by atoms with Gasteiger partial charge in [0.15, 0.2) is 5.82 Å². The van der Waals surface area contributed by atoms with Gasteiger partial charge in [-0.05, 0) is 62.7 Å². The van der Waals surface area contributed by atoms with Crippen molar-refractivity contribution in [3.63, 3.8) is 0 Å². The first-order valence-electron chi connectivity index (χ1n) is 18.5. The first-order chi connectivity index (χ1) is 25.3. The lowest BCUT2D eigenvalue weighted by atomic mass is 9.95. The molecule has 6 heterocycles. The Morgan fingerprint density at radius 1 is 1.14 bits per heavy atom. The van der Waals surface area contributed by atoms with Crippen LogP contribution in [0.15, 0.2) is 24.3 Å². The Morgan fingerprint density at radius 3 is 2.84 bits per heavy atom. The molecule has 4 aromatic rings. The van der Waals surface area contributed by atoms with Gasteiger partial charge < -0.3 is 29.5 Å². The monoisotopic (exact) mass is 691 g/mol. The van der Waals surface area contributed by atoms with Gasteiger partial charge >= 0.3 is 6.01 Å². The fraction of sp³-hybridized carbons (Fsp3) is 0.486. The van der Waals surface area contributed by atoms with Crippen molar-refractivity contribution in [1.82, 2.24) is 25.2 Å². The minimum Gasteiger partial charge on any atom is -0.508 e. The maximum Gasteiger partial charge on any atom is 0.319 e. The van der Waals surface area contributed by atoms with Crippen molar-refractivity contribution < 1.29 is 36.6 Å². The van der Waals surface area contributed by atoms with Gasteiger partial charge in [0.1, 0.15) is 46.8 Å². The average Bonchev–Trinajstić information content (AvgIpc) is 3.75. The summed E-state index contributed by atoms with van der Waals surface area (Å²) in [5.41, 5.74) is -1.89. The van der Waals surface area contributed by atoms with Crippen molar-refractivity contribution >= 4 is 27.5 Å². The average molecular weight is 692 g/mol. The number of phenolic OH excluding ortho intramolecular Hbond substituents is 1. The van der Waals surface area contributed by atoms with Crippen LogP contribution < -0.4 is 19.7 Å². The molecule has 2 aromatic carbocycles. The van der Waals surface area contributed by atoms with E-state index in [2.05, 4.69) is 26.1 Å². The molecule has 0 aliphatic carbocycles. The molecule has 4 atom stereocenters. The minimum atomic E-state index is -2.60. The van der Waals surface area contributed by atoms with Crippen LogP contribution >= 0.6 is 0 Å². The van der Waals surface area contributed by atoms with E-state index in [4.69, 9.17) is 29.7 Å². The van der Waals surface area contributed by atoms with E-state index in [1.807, 2.05) is 4.90 Å². The Balaban J connectivity index is 1.31. The van der Waals surface area contributed by atoms with E-state index < -0.39 is 35.9 Å². The predicted molar refractivity (Wildman–Crippen MR) is 182 cm³/mol. The summed E-state index contributed by atoms with van der Waals surface area (Å²) in [6.45, 7) is 3.59. The molecule has 50 heavy (non-hydrogen) atoms. The maximum atomic E-state index is 17.3. The van der Waals surface area contributed by atoms with Gasteiger partial charge in [-0.25, -0.2) is 18.2 Å². The van der Waals surface area contributed by atoms with Gasteiger partial charge in [-0.2, -0.15) is 9.97 Å². The number of methoxy groups -OCH3 is 1. The van der Waals surface area contributed by atoms with Crippen LogP contribution in [0.1, 0.15) is 48.7 Å². The number of pyridine rings is 1. The molecule has 4 aliphatic rings. The topological polar surface area (TPSA) is 105 Å². The van der Waals surface area contributed by atoms with E-state index in [0.29, 0.717) is 31.3 Å². The van der Waals surface area contributed by atoms with Crippen LogP contribution in [0.2, 0.25) is 0 Å². The van der Waals surface area contributed by atoms with Crippen LogP contribution in [-0.2, 0) is 4.74 Å². The van der Waals surface area contributed by atoms with Crippen molar-refractivity contribution in [2.24, 2.45) is 0 Å². The van der Waals surface area contributed by atoms with Gasteiger partial charge in [-0.15, -0.1) is 6.42 Å². The molecule has 8 rings (SSSR count). The molecule has 13 heteroatoms. The van der Waals surface area contributed by atoms with Crippen molar-refractivity contribution in [3.8, 4) is 41.2 Å². The van der Waals surface area contributed by atoms with E-state index in [1.165, 1.54) is 24.3 Å². The molecule has 0 unspecified atom stereocenters. The van der Waals surface area contributed by atoms with Crippen LogP contribution in [0.5, 0.6) is 17.6 Å². The Bertz CT molecular complexity index is 2150. The number of aromatic nitrogens is 3. The van der Waals surface area contributed by atoms with Gasteiger partial charge in [-0.1, -0.05) is 12.0 Å². The zero-order valence-electron chi connectivity index (χ0n) is 30.6. The molecular formula is C37H39F3N6O4. The number of terminal acetylenes is 1. The highest BCUT2D eigenvalue weighted by Gasteiger charge is 2.50. The first-order valence-corrected chi connectivity index (χ1v) is 17.0. The van der Waals surface area contributed by atoms with Crippen molar-refractivity contribution in [3.05, 3.63) is 41.5 Å². The third-order valence-electron chi connectivity index (χ3n) is 10.7. The lowest BCUT2D eigenvalue weighted by Gasteiger charge is -2.42. The molecular weight excluding hydrogens is 649 g/mol. The largest absolute Gasteiger partial charge is 0.508 e. The molecule has 0 spiro atoms. The van der Waals surface area contributed by atoms with Crippen LogP contribution in [0, 0.1) is 24.0 Å². The Kier molecular flexibility index (Phi) is 7.30. The quantitative estimate of drug-likeness (QED) is 0.230. The van der Waals surface area contributed by atoms with Gasteiger partial charge in [0.2, 0.25) is 5.88 Å². The smallest absolute Gasteiger partial charge is 0.319 e. The van der Waals surface area contributed by atoms with Crippen LogP contribution in [0.3, 0.4) is 0 Å². The summed E-state index contributed by atoms with van der Waals surface area (Å²) < 4.78 is 87.6. The Hall–Kier alpha value is -4.38. The highest BCUT2D eigenvalue weighted by atomic mass is 19.1. The third kappa shape index (κ3) is 5.36. The SMILES string of the molecule is [2H]C([2H])([2H])OC[C@]12CC[C@H](CN(c3nc(OC[C@@]45CCCN4C[C@H](F)C5)nc4c(F)c(-c5cc(O)cc6ccc(F)c(C#C)c56)nc(OCC)c34)C1)N2. The first kappa shape index (κ1) is 29.4. The molecule has 4 fully saturated rings. The second kappa shape index (κ2) is 12.4. The van der Waals surface area contributed by atoms with Gasteiger partial charge in [0, 0.05) is 50.1 Å². The van der Waals surface area contributed by atoms with Crippen molar-refractivity contribution in [1.29, 1.82) is 0 Å².